The van der Waals surface area contributed by atoms with E-state index in [1.54, 1.807) is 0 Å². The summed E-state index contributed by atoms with van der Waals surface area (Å²) in [7, 11) is 0. The average molecular weight is 297 g/mol. The number of amides is 1. The summed E-state index contributed by atoms with van der Waals surface area (Å²) in [5, 5.41) is 13.8. The number of halogens is 1. The van der Waals surface area contributed by atoms with Crippen LogP contribution in [0.3, 0.4) is 0 Å². The highest BCUT2D eigenvalue weighted by Gasteiger charge is 2.29. The molecule has 6 nitrogen and oxygen atoms in total. The third-order valence-corrected chi connectivity index (χ3v) is 3.29. The Hall–Kier alpha value is -1.95. The molecule has 20 heavy (non-hydrogen) atoms. The largest absolute Gasteiger partial charge is 0.355 e. The zero-order valence-electron chi connectivity index (χ0n) is 10.6. The van der Waals surface area contributed by atoms with Gasteiger partial charge in [-0.05, 0) is 25.0 Å². The van der Waals surface area contributed by atoms with E-state index in [1.165, 1.54) is 18.2 Å². The van der Waals surface area contributed by atoms with E-state index >= 15 is 0 Å². The molecule has 0 radical (unpaired) electrons. The summed E-state index contributed by atoms with van der Waals surface area (Å²) in [6.07, 6.45) is 1.79. The monoisotopic (exact) mass is 296 g/mol. The van der Waals surface area contributed by atoms with Crippen LogP contribution in [0.15, 0.2) is 18.2 Å². The Morgan fingerprint density at radius 1 is 1.40 bits per heavy atom. The van der Waals surface area contributed by atoms with Crippen molar-refractivity contribution in [3.05, 3.63) is 38.9 Å². The number of benzene rings is 1. The van der Waals surface area contributed by atoms with Crippen molar-refractivity contribution in [2.45, 2.75) is 19.3 Å². The molecule has 0 spiro atoms. The molecule has 106 valence electrons. The molecule has 1 N–H and O–H groups in total. The van der Waals surface area contributed by atoms with E-state index in [0.29, 0.717) is 0 Å². The van der Waals surface area contributed by atoms with Crippen molar-refractivity contribution >= 4 is 29.0 Å². The Kier molecular flexibility index (Phi) is 4.34. The first kappa shape index (κ1) is 14.5. The average Bonchev–Trinajstić information content (AvgIpc) is 3.22. The van der Waals surface area contributed by atoms with Crippen molar-refractivity contribution in [3.8, 4) is 0 Å². The molecule has 1 saturated carbocycles. The second-order valence-corrected chi connectivity index (χ2v) is 5.09. The number of hydrogen-bond acceptors (Lipinski definition) is 4. The van der Waals surface area contributed by atoms with Gasteiger partial charge in [0.15, 0.2) is 5.78 Å². The Morgan fingerprint density at radius 2 is 2.10 bits per heavy atom. The van der Waals surface area contributed by atoms with Crippen molar-refractivity contribution < 1.29 is 14.5 Å². The normalized spacial score (nSPS) is 13.8. The lowest BCUT2D eigenvalue weighted by atomic mass is 10.1. The molecule has 1 aromatic rings. The Morgan fingerprint density at radius 3 is 2.70 bits per heavy atom. The van der Waals surface area contributed by atoms with Crippen LogP contribution in [0.5, 0.6) is 0 Å². The molecule has 1 aromatic carbocycles. The fourth-order valence-electron chi connectivity index (χ4n) is 1.81. The zero-order valence-corrected chi connectivity index (χ0v) is 11.4. The van der Waals surface area contributed by atoms with Crippen molar-refractivity contribution in [2.75, 3.05) is 6.54 Å². The van der Waals surface area contributed by atoms with Gasteiger partial charge in [-0.15, -0.1) is 0 Å². The number of hydrogen-bond donors (Lipinski definition) is 1. The standard InChI is InChI=1S/C13H13ClN2O4/c14-9-3-4-11(16(19)20)10(7-9)12(17)5-6-15-13(18)8-1-2-8/h3-4,7-8H,1-2,5-6H2,(H,15,18). The summed E-state index contributed by atoms with van der Waals surface area (Å²) >= 11 is 5.76. The van der Waals surface area contributed by atoms with E-state index in [9.17, 15) is 19.7 Å². The van der Waals surface area contributed by atoms with Gasteiger partial charge in [0, 0.05) is 30.0 Å². The molecule has 1 aliphatic carbocycles. The van der Waals surface area contributed by atoms with Gasteiger partial charge >= 0.3 is 0 Å². The molecule has 0 unspecified atom stereocenters. The van der Waals surface area contributed by atoms with E-state index in [4.69, 9.17) is 11.6 Å². The van der Waals surface area contributed by atoms with Gasteiger partial charge in [-0.25, -0.2) is 0 Å². The molecule has 0 bridgehead atoms. The highest BCUT2D eigenvalue weighted by Crippen LogP contribution is 2.28. The highest BCUT2D eigenvalue weighted by atomic mass is 35.5. The molecule has 1 fully saturated rings. The van der Waals surface area contributed by atoms with Gasteiger partial charge in [0.25, 0.3) is 5.69 Å². The van der Waals surface area contributed by atoms with E-state index in [-0.39, 0.29) is 41.1 Å². The van der Waals surface area contributed by atoms with E-state index in [0.717, 1.165) is 12.8 Å². The number of ketones is 1. The number of nitro benzene ring substituents is 1. The second-order valence-electron chi connectivity index (χ2n) is 4.66. The van der Waals surface area contributed by atoms with E-state index < -0.39 is 10.7 Å². The summed E-state index contributed by atoms with van der Waals surface area (Å²) in [5.74, 6) is -0.390. The Balaban J connectivity index is 1.99. The highest BCUT2D eigenvalue weighted by molar-refractivity contribution is 6.31. The molecule has 0 saturated heterocycles. The lowest BCUT2D eigenvalue weighted by Crippen LogP contribution is -2.27. The van der Waals surface area contributed by atoms with Gasteiger partial charge in [0.1, 0.15) is 0 Å². The lowest BCUT2D eigenvalue weighted by molar-refractivity contribution is -0.385. The molecule has 0 aliphatic heterocycles. The first-order chi connectivity index (χ1) is 9.49. The number of nitrogens with one attached hydrogen (secondary N) is 1. The molecule has 2 rings (SSSR count). The summed E-state index contributed by atoms with van der Waals surface area (Å²) in [6, 6.07) is 3.86. The van der Waals surface area contributed by atoms with Crippen LogP contribution in [0.4, 0.5) is 5.69 Å². The minimum Gasteiger partial charge on any atom is -0.355 e. The van der Waals surface area contributed by atoms with Gasteiger partial charge < -0.3 is 5.32 Å². The number of nitrogens with zero attached hydrogens (tertiary/aromatic N) is 1. The van der Waals surface area contributed by atoms with Gasteiger partial charge in [-0.1, -0.05) is 11.6 Å². The first-order valence-electron chi connectivity index (χ1n) is 6.24. The van der Waals surface area contributed by atoms with Crippen LogP contribution in [0.2, 0.25) is 5.02 Å². The van der Waals surface area contributed by atoms with Crippen LogP contribution < -0.4 is 5.32 Å². The Bertz CT molecular complexity index is 569. The van der Waals surface area contributed by atoms with E-state index in [1.807, 2.05) is 0 Å². The van der Waals surface area contributed by atoms with Gasteiger partial charge in [0.2, 0.25) is 5.91 Å². The fraction of sp³-hybridized carbons (Fsp3) is 0.385. The van der Waals surface area contributed by atoms with Gasteiger partial charge in [-0.2, -0.15) is 0 Å². The first-order valence-corrected chi connectivity index (χ1v) is 6.61. The predicted molar refractivity (Wildman–Crippen MR) is 72.8 cm³/mol. The van der Waals surface area contributed by atoms with Crippen molar-refractivity contribution in [2.24, 2.45) is 5.92 Å². The van der Waals surface area contributed by atoms with Crippen LogP contribution in [0.25, 0.3) is 0 Å². The third kappa shape index (κ3) is 3.54. The fourth-order valence-corrected chi connectivity index (χ4v) is 1.99. The quantitative estimate of drug-likeness (QED) is 0.496. The number of carbonyl (C=O) groups excluding carboxylic acids is 2. The third-order valence-electron chi connectivity index (χ3n) is 3.06. The molecule has 0 heterocycles. The molecule has 1 amide bonds. The summed E-state index contributed by atoms with van der Waals surface area (Å²) < 4.78 is 0. The topological polar surface area (TPSA) is 89.3 Å². The predicted octanol–water partition coefficient (Wildman–Crippen LogP) is 2.35. The number of carbonyl (C=O) groups is 2. The maximum atomic E-state index is 12.0. The number of nitro groups is 1. The minimum absolute atomic E-state index is 0.0135. The zero-order chi connectivity index (χ0) is 14.7. The molecular weight excluding hydrogens is 284 g/mol. The maximum absolute atomic E-state index is 12.0. The summed E-state index contributed by atoms with van der Waals surface area (Å²) in [6.45, 7) is 0.178. The number of rotatable bonds is 6. The van der Waals surface area contributed by atoms with Crippen LogP contribution >= 0.6 is 11.6 Å². The second kappa shape index (κ2) is 6.00. The van der Waals surface area contributed by atoms with Crippen LogP contribution in [0.1, 0.15) is 29.6 Å². The Labute approximate surface area is 120 Å². The molecular formula is C13H13ClN2O4. The minimum atomic E-state index is -0.619. The van der Waals surface area contributed by atoms with Crippen molar-refractivity contribution in [1.29, 1.82) is 0 Å². The SMILES string of the molecule is O=C(CCNC(=O)C1CC1)c1cc(Cl)ccc1[N+](=O)[O-]. The smallest absolute Gasteiger partial charge is 0.280 e. The van der Waals surface area contributed by atoms with E-state index in [2.05, 4.69) is 5.32 Å². The van der Waals surface area contributed by atoms with Crippen LogP contribution in [-0.4, -0.2) is 23.2 Å². The van der Waals surface area contributed by atoms with Gasteiger partial charge in [0.05, 0.1) is 10.5 Å². The molecule has 0 aromatic heterocycles. The van der Waals surface area contributed by atoms with Crippen molar-refractivity contribution in [1.82, 2.24) is 5.32 Å². The van der Waals surface area contributed by atoms with Crippen LogP contribution in [0, 0.1) is 16.0 Å². The maximum Gasteiger partial charge on any atom is 0.280 e. The lowest BCUT2D eigenvalue weighted by Gasteiger charge is -2.05. The molecule has 7 heteroatoms. The molecule has 0 atom stereocenters. The van der Waals surface area contributed by atoms with Crippen LogP contribution in [-0.2, 0) is 4.79 Å². The molecule has 1 aliphatic rings. The van der Waals surface area contributed by atoms with Crippen molar-refractivity contribution in [3.63, 3.8) is 0 Å². The summed E-state index contributed by atoms with van der Waals surface area (Å²) in [5.41, 5.74) is -0.295. The number of Topliss-reactive ketones (excluding diaryl/α,β-unsaturated/α-hetero) is 1. The summed E-state index contributed by atoms with van der Waals surface area (Å²) in [4.78, 5) is 33.6. The van der Waals surface area contributed by atoms with Gasteiger partial charge in [-0.3, -0.25) is 19.7 Å².